The Hall–Kier alpha value is -5.00. The summed E-state index contributed by atoms with van der Waals surface area (Å²) in [6.45, 7) is 4.86. The molecule has 1 aliphatic carbocycles. The predicted octanol–water partition coefficient (Wildman–Crippen LogP) is 6.92. The van der Waals surface area contributed by atoms with E-state index < -0.39 is 53.1 Å². The van der Waals surface area contributed by atoms with Crippen LogP contribution in [0.5, 0.6) is 0 Å². The second-order valence-corrected chi connectivity index (χ2v) is 17.7. The standard InChI is InChI=1S/C42H45F4N7O5S/c1-41(2,58)26-18-30-33(19-29(26)48-37(55)28-7-5-9-34(47-28)42(44,45)46)59-39(49-30)23-12-10-22(11-13-23)20-52-17-16-24(27(43)21-52)25-6-4-8-31-36(25)51(3)40(57)53(31)32-14-15-35(54)50-38(32)56/h4-9,18-19,22-24,27,32,58H,10-17,20-21H2,1-3H3,(H,48,55)(H,50,54,56)/t22?,23?,24-,27+,32?/m1/s1. The van der Waals surface area contributed by atoms with Crippen LogP contribution in [0.25, 0.3) is 21.3 Å². The van der Waals surface area contributed by atoms with Crippen molar-refractivity contribution in [3.8, 4) is 0 Å². The second kappa shape index (κ2) is 15.6. The van der Waals surface area contributed by atoms with Crippen molar-refractivity contribution in [1.29, 1.82) is 0 Å². The Bertz CT molecular complexity index is 2520. The Morgan fingerprint density at radius 1 is 1.00 bits per heavy atom. The number of carbonyl (C=O) groups is 3. The average Bonchev–Trinajstić information content (AvgIpc) is 3.71. The smallest absolute Gasteiger partial charge is 0.386 e. The van der Waals surface area contributed by atoms with Gasteiger partial charge in [-0.2, -0.15) is 13.2 Å². The molecule has 2 saturated heterocycles. The van der Waals surface area contributed by atoms with Crippen LogP contribution in [-0.4, -0.2) is 72.6 Å². The third-order valence-electron chi connectivity index (χ3n) is 12.1. The second-order valence-electron chi connectivity index (χ2n) is 16.6. The van der Waals surface area contributed by atoms with Gasteiger partial charge in [-0.25, -0.2) is 19.2 Å². The van der Waals surface area contributed by atoms with Gasteiger partial charge in [-0.3, -0.25) is 28.8 Å². The third-order valence-corrected chi connectivity index (χ3v) is 13.3. The normalized spacial score (nSPS) is 23.5. The van der Waals surface area contributed by atoms with E-state index in [4.69, 9.17) is 4.98 Å². The number of pyridine rings is 1. The zero-order chi connectivity index (χ0) is 42.0. The predicted molar refractivity (Wildman–Crippen MR) is 214 cm³/mol. The molecule has 312 valence electrons. The fourth-order valence-corrected chi connectivity index (χ4v) is 10.3. The lowest BCUT2D eigenvalue weighted by molar-refractivity contribution is -0.141. The SMILES string of the molecule is Cn1c(=O)n(C2CCC(=O)NC2=O)c2cccc([C@H]3CCN(CC4CCC(c5nc6cc(C(C)(C)O)c(NC(=O)c7cccc(C(F)(F)F)n7)cc6s5)CC4)C[C@@H]3F)c21. The van der Waals surface area contributed by atoms with E-state index in [1.165, 1.54) is 26.5 Å². The number of halogens is 4. The Balaban J connectivity index is 0.912. The van der Waals surface area contributed by atoms with Crippen LogP contribution >= 0.6 is 11.3 Å². The number of benzene rings is 2. The van der Waals surface area contributed by atoms with Crippen LogP contribution in [0, 0.1) is 5.92 Å². The first-order valence-electron chi connectivity index (χ1n) is 19.9. The number of alkyl halides is 4. The van der Waals surface area contributed by atoms with Crippen LogP contribution in [0.3, 0.4) is 0 Å². The molecule has 0 spiro atoms. The van der Waals surface area contributed by atoms with Crippen LogP contribution in [0.2, 0.25) is 0 Å². The van der Waals surface area contributed by atoms with Gasteiger partial charge >= 0.3 is 11.9 Å². The molecule has 12 nitrogen and oxygen atoms in total. The molecule has 1 unspecified atom stereocenters. The summed E-state index contributed by atoms with van der Waals surface area (Å²) in [5.41, 5.74) is -0.167. The number of aromatic nitrogens is 4. The van der Waals surface area contributed by atoms with Gasteiger partial charge < -0.3 is 15.3 Å². The molecule has 3 fully saturated rings. The minimum absolute atomic E-state index is 0.138. The number of thiazole rings is 1. The van der Waals surface area contributed by atoms with E-state index in [1.54, 1.807) is 45.2 Å². The summed E-state index contributed by atoms with van der Waals surface area (Å²) in [5.74, 6) is -1.55. The number of piperidine rings is 2. The molecule has 1 saturated carbocycles. The number of nitrogens with zero attached hydrogens (tertiary/aromatic N) is 5. The zero-order valence-electron chi connectivity index (χ0n) is 32.8. The molecule has 3 N–H and O–H groups in total. The molecule has 2 aromatic carbocycles. The molecule has 3 amide bonds. The fourth-order valence-electron chi connectivity index (χ4n) is 9.12. The molecule has 2 aliphatic heterocycles. The summed E-state index contributed by atoms with van der Waals surface area (Å²) in [4.78, 5) is 61.6. The number of imidazole rings is 1. The summed E-state index contributed by atoms with van der Waals surface area (Å²) >= 11 is 1.49. The third kappa shape index (κ3) is 8.03. The number of aliphatic hydroxyl groups is 1. The topological polar surface area (TPSA) is 151 Å². The number of hydrogen-bond acceptors (Lipinski definition) is 9. The lowest BCUT2D eigenvalue weighted by Crippen LogP contribution is -2.44. The van der Waals surface area contributed by atoms with Gasteiger partial charge in [-0.15, -0.1) is 11.3 Å². The van der Waals surface area contributed by atoms with E-state index in [0.29, 0.717) is 41.0 Å². The van der Waals surface area contributed by atoms with Crippen LogP contribution in [-0.2, 0) is 28.4 Å². The molecule has 59 heavy (non-hydrogen) atoms. The number of likely N-dealkylation sites (tertiary alicyclic amines) is 1. The van der Waals surface area contributed by atoms with Gasteiger partial charge in [0.15, 0.2) is 0 Å². The minimum atomic E-state index is -4.71. The average molecular weight is 836 g/mol. The molecule has 3 aromatic heterocycles. The Morgan fingerprint density at radius 3 is 2.44 bits per heavy atom. The number of imide groups is 1. The summed E-state index contributed by atoms with van der Waals surface area (Å²) in [5, 5.41) is 16.9. The highest BCUT2D eigenvalue weighted by atomic mass is 32.1. The lowest BCUT2D eigenvalue weighted by Gasteiger charge is -2.38. The van der Waals surface area contributed by atoms with Gasteiger partial charge in [0.1, 0.15) is 23.6 Å². The maximum atomic E-state index is 16.2. The summed E-state index contributed by atoms with van der Waals surface area (Å²) < 4.78 is 59.6. The molecular weight excluding hydrogens is 791 g/mol. The molecular formula is C42H45F4N7O5S. The van der Waals surface area contributed by atoms with Crippen molar-refractivity contribution in [3.05, 3.63) is 86.5 Å². The molecule has 3 aliphatic rings. The minimum Gasteiger partial charge on any atom is -0.386 e. The van der Waals surface area contributed by atoms with Gasteiger partial charge in [0, 0.05) is 49.6 Å². The van der Waals surface area contributed by atoms with Gasteiger partial charge in [0.2, 0.25) is 11.8 Å². The molecule has 5 heterocycles. The number of carbonyl (C=O) groups excluding carboxylic acids is 3. The van der Waals surface area contributed by atoms with Crippen molar-refractivity contribution >= 4 is 56.0 Å². The summed E-state index contributed by atoms with van der Waals surface area (Å²) in [6, 6.07) is 11.2. The van der Waals surface area contributed by atoms with Crippen molar-refractivity contribution in [3.63, 3.8) is 0 Å². The van der Waals surface area contributed by atoms with Crippen molar-refractivity contribution in [2.24, 2.45) is 13.0 Å². The van der Waals surface area contributed by atoms with E-state index in [9.17, 15) is 37.5 Å². The fraction of sp³-hybridized carbons (Fsp3) is 0.476. The van der Waals surface area contributed by atoms with Crippen LogP contribution < -0.4 is 16.3 Å². The maximum Gasteiger partial charge on any atom is 0.433 e. The zero-order valence-corrected chi connectivity index (χ0v) is 33.6. The van der Waals surface area contributed by atoms with E-state index in [-0.39, 0.29) is 42.6 Å². The highest BCUT2D eigenvalue weighted by molar-refractivity contribution is 7.18. The number of para-hydroxylation sites is 1. The Kier molecular flexibility index (Phi) is 10.7. The highest BCUT2D eigenvalue weighted by Gasteiger charge is 2.37. The molecule has 3 atom stereocenters. The first-order chi connectivity index (χ1) is 28.0. The number of hydrogen-bond donors (Lipinski definition) is 3. The number of anilines is 1. The number of fused-ring (bicyclic) bond motifs is 2. The van der Waals surface area contributed by atoms with Crippen molar-refractivity contribution in [2.75, 3.05) is 25.0 Å². The summed E-state index contributed by atoms with van der Waals surface area (Å²) in [6.07, 6.45) is -1.27. The maximum absolute atomic E-state index is 16.2. The molecule has 5 aromatic rings. The van der Waals surface area contributed by atoms with Gasteiger partial charge in [0.25, 0.3) is 5.91 Å². The summed E-state index contributed by atoms with van der Waals surface area (Å²) in [7, 11) is 1.64. The Morgan fingerprint density at radius 2 is 1.75 bits per heavy atom. The molecule has 0 radical (unpaired) electrons. The van der Waals surface area contributed by atoms with Gasteiger partial charge in [-0.05, 0) is 101 Å². The number of rotatable bonds is 8. The molecule has 0 bridgehead atoms. The van der Waals surface area contributed by atoms with Crippen LogP contribution in [0.4, 0.5) is 23.2 Å². The quantitative estimate of drug-likeness (QED) is 0.113. The Labute approximate surface area is 340 Å². The van der Waals surface area contributed by atoms with E-state index >= 15 is 4.39 Å². The number of nitrogens with one attached hydrogen (secondary N) is 2. The van der Waals surface area contributed by atoms with E-state index in [1.807, 2.05) is 6.07 Å². The first-order valence-corrected chi connectivity index (χ1v) is 20.7. The highest BCUT2D eigenvalue weighted by Crippen LogP contribution is 2.43. The first kappa shape index (κ1) is 40.8. The van der Waals surface area contributed by atoms with Crippen molar-refractivity contribution in [1.82, 2.24) is 29.3 Å². The van der Waals surface area contributed by atoms with Crippen molar-refractivity contribution in [2.45, 2.75) is 94.6 Å². The lowest BCUT2D eigenvalue weighted by atomic mass is 9.81. The van der Waals surface area contributed by atoms with Crippen LogP contribution in [0.15, 0.2) is 53.3 Å². The molecule has 8 rings (SSSR count). The van der Waals surface area contributed by atoms with Crippen molar-refractivity contribution < 1.29 is 37.1 Å². The van der Waals surface area contributed by atoms with E-state index in [0.717, 1.165) is 59.6 Å². The molecule has 17 heteroatoms. The van der Waals surface area contributed by atoms with Crippen LogP contribution in [0.1, 0.15) is 109 Å². The van der Waals surface area contributed by atoms with Gasteiger partial charge in [0.05, 0.1) is 31.9 Å². The van der Waals surface area contributed by atoms with Gasteiger partial charge in [-0.1, -0.05) is 18.2 Å². The van der Waals surface area contributed by atoms with E-state index in [2.05, 4.69) is 20.5 Å². The number of amides is 3. The monoisotopic (exact) mass is 835 g/mol. The number of aryl methyl sites for hydroxylation is 1. The largest absolute Gasteiger partial charge is 0.433 e.